The van der Waals surface area contributed by atoms with Crippen LogP contribution in [0.2, 0.25) is 0 Å². The maximum atomic E-state index is 5.12. The third-order valence-corrected chi connectivity index (χ3v) is 5.33. The van der Waals surface area contributed by atoms with Crippen LogP contribution in [0.1, 0.15) is 31.2 Å². The first kappa shape index (κ1) is 16.7. The van der Waals surface area contributed by atoms with Crippen LogP contribution in [0.4, 0.5) is 5.82 Å². The summed E-state index contributed by atoms with van der Waals surface area (Å²) in [6, 6.07) is 6.52. The number of hydrogen-bond donors (Lipinski definition) is 1. The van der Waals surface area contributed by atoms with Crippen molar-refractivity contribution in [2.75, 3.05) is 39.3 Å². The molecule has 2 aliphatic heterocycles. The summed E-state index contributed by atoms with van der Waals surface area (Å²) in [7, 11) is 6.04. The van der Waals surface area contributed by atoms with Crippen molar-refractivity contribution in [2.24, 2.45) is 0 Å². The lowest BCUT2D eigenvalue weighted by atomic mass is 9.98. The number of nitrogens with zero attached hydrogens (tertiary/aromatic N) is 3. The smallest absolute Gasteiger partial charge is 0.128 e. The van der Waals surface area contributed by atoms with E-state index in [4.69, 9.17) is 4.74 Å². The predicted molar refractivity (Wildman–Crippen MR) is 93.8 cm³/mol. The Balaban J connectivity index is 1.53. The molecule has 23 heavy (non-hydrogen) atoms. The van der Waals surface area contributed by atoms with Gasteiger partial charge in [0, 0.05) is 51.6 Å². The third kappa shape index (κ3) is 4.22. The summed E-state index contributed by atoms with van der Waals surface area (Å²) in [5, 5.41) is 3.72. The molecule has 5 nitrogen and oxygen atoms in total. The molecule has 2 unspecified atom stereocenters. The number of nitrogens with one attached hydrogen (secondary N) is 1. The molecule has 1 aromatic heterocycles. The van der Waals surface area contributed by atoms with Gasteiger partial charge in [0.25, 0.3) is 0 Å². The number of hydrogen-bond acceptors (Lipinski definition) is 5. The fourth-order valence-corrected chi connectivity index (χ4v) is 3.88. The molecule has 2 aliphatic rings. The Morgan fingerprint density at radius 1 is 1.22 bits per heavy atom. The fraction of sp³-hybridized carbons (Fsp3) is 0.722. The van der Waals surface area contributed by atoms with Crippen LogP contribution in [0.5, 0.6) is 0 Å². The van der Waals surface area contributed by atoms with Crippen LogP contribution in [0.3, 0.4) is 0 Å². The van der Waals surface area contributed by atoms with Crippen molar-refractivity contribution in [1.82, 2.24) is 15.2 Å². The highest BCUT2D eigenvalue weighted by molar-refractivity contribution is 5.38. The number of aromatic nitrogens is 1. The van der Waals surface area contributed by atoms with E-state index in [-0.39, 0.29) is 0 Å². The van der Waals surface area contributed by atoms with Gasteiger partial charge >= 0.3 is 0 Å². The molecular weight excluding hydrogens is 288 g/mol. The molecule has 0 aliphatic carbocycles. The average Bonchev–Trinajstić information content (AvgIpc) is 2.91. The summed E-state index contributed by atoms with van der Waals surface area (Å²) in [6.45, 7) is 2.57. The first-order valence-corrected chi connectivity index (χ1v) is 8.77. The minimum Gasteiger partial charge on any atom is -0.383 e. The van der Waals surface area contributed by atoms with Gasteiger partial charge in [-0.1, -0.05) is 6.07 Å². The maximum absolute atomic E-state index is 5.12. The molecule has 2 atom stereocenters. The monoisotopic (exact) mass is 318 g/mol. The van der Waals surface area contributed by atoms with Gasteiger partial charge in [0.1, 0.15) is 5.82 Å². The SMILES string of the molecule is COCCN(C)c1ccc(CN(C)C2CC3CCC(C2)N3)cn1. The second-order valence-corrected chi connectivity index (χ2v) is 7.12. The molecule has 2 bridgehead atoms. The van der Waals surface area contributed by atoms with Crippen LogP contribution < -0.4 is 10.2 Å². The van der Waals surface area contributed by atoms with E-state index >= 15 is 0 Å². The Hall–Kier alpha value is -1.17. The zero-order valence-electron chi connectivity index (χ0n) is 14.7. The second kappa shape index (κ2) is 7.60. The summed E-state index contributed by atoms with van der Waals surface area (Å²) in [4.78, 5) is 9.24. The van der Waals surface area contributed by atoms with Crippen LogP contribution in [0, 0.1) is 0 Å². The zero-order chi connectivity index (χ0) is 16.2. The van der Waals surface area contributed by atoms with Crippen LogP contribution in [-0.2, 0) is 11.3 Å². The molecule has 0 aromatic carbocycles. The minimum atomic E-state index is 0.706. The predicted octanol–water partition coefficient (Wildman–Crippen LogP) is 1.88. The van der Waals surface area contributed by atoms with Crippen molar-refractivity contribution >= 4 is 5.82 Å². The molecule has 2 saturated heterocycles. The number of ether oxygens (including phenoxy) is 1. The molecular formula is C18H30N4O. The second-order valence-electron chi connectivity index (χ2n) is 7.12. The molecule has 1 N–H and O–H groups in total. The van der Waals surface area contributed by atoms with Gasteiger partial charge in [-0.25, -0.2) is 4.98 Å². The number of anilines is 1. The first-order valence-electron chi connectivity index (χ1n) is 8.77. The van der Waals surface area contributed by atoms with Crippen LogP contribution in [0.25, 0.3) is 0 Å². The van der Waals surface area contributed by atoms with Gasteiger partial charge in [0.05, 0.1) is 6.61 Å². The van der Waals surface area contributed by atoms with E-state index in [2.05, 4.69) is 46.3 Å². The van der Waals surface area contributed by atoms with Gasteiger partial charge in [-0.3, -0.25) is 4.90 Å². The highest BCUT2D eigenvalue weighted by Gasteiger charge is 2.34. The Morgan fingerprint density at radius 3 is 2.57 bits per heavy atom. The van der Waals surface area contributed by atoms with Crippen LogP contribution >= 0.6 is 0 Å². The number of likely N-dealkylation sites (N-methyl/N-ethyl adjacent to an activating group) is 1. The van der Waals surface area contributed by atoms with E-state index in [1.54, 1.807) is 7.11 Å². The maximum Gasteiger partial charge on any atom is 0.128 e. The molecule has 2 fully saturated rings. The van der Waals surface area contributed by atoms with E-state index < -0.39 is 0 Å². The van der Waals surface area contributed by atoms with Gasteiger partial charge in [-0.2, -0.15) is 0 Å². The highest BCUT2D eigenvalue weighted by Crippen LogP contribution is 2.29. The largest absolute Gasteiger partial charge is 0.383 e. The number of piperidine rings is 1. The average molecular weight is 318 g/mol. The number of rotatable bonds is 7. The van der Waals surface area contributed by atoms with E-state index in [1.165, 1.54) is 31.2 Å². The quantitative estimate of drug-likeness (QED) is 0.831. The van der Waals surface area contributed by atoms with Crippen molar-refractivity contribution in [3.05, 3.63) is 23.9 Å². The molecule has 3 heterocycles. The molecule has 128 valence electrons. The topological polar surface area (TPSA) is 40.6 Å². The minimum absolute atomic E-state index is 0.706. The summed E-state index contributed by atoms with van der Waals surface area (Å²) < 4.78 is 5.12. The van der Waals surface area contributed by atoms with Crippen molar-refractivity contribution in [1.29, 1.82) is 0 Å². The van der Waals surface area contributed by atoms with Gasteiger partial charge in [0.15, 0.2) is 0 Å². The lowest BCUT2D eigenvalue weighted by molar-refractivity contribution is 0.166. The van der Waals surface area contributed by atoms with Crippen molar-refractivity contribution in [3.8, 4) is 0 Å². The van der Waals surface area contributed by atoms with Gasteiger partial charge in [-0.05, 0) is 44.4 Å². The number of fused-ring (bicyclic) bond motifs is 2. The van der Waals surface area contributed by atoms with Crippen LogP contribution in [-0.4, -0.2) is 62.4 Å². The van der Waals surface area contributed by atoms with Gasteiger partial charge in [-0.15, -0.1) is 0 Å². The van der Waals surface area contributed by atoms with Gasteiger partial charge in [0.2, 0.25) is 0 Å². The summed E-state index contributed by atoms with van der Waals surface area (Å²) in [5.74, 6) is 1.01. The lowest BCUT2D eigenvalue weighted by Crippen LogP contribution is -2.46. The van der Waals surface area contributed by atoms with Crippen LogP contribution in [0.15, 0.2) is 18.3 Å². The van der Waals surface area contributed by atoms with Crippen molar-refractivity contribution < 1.29 is 4.74 Å². The Labute approximate surface area is 140 Å². The Bertz CT molecular complexity index is 480. The van der Waals surface area contributed by atoms with E-state index in [1.807, 2.05) is 6.20 Å². The van der Waals surface area contributed by atoms with E-state index in [0.717, 1.165) is 37.6 Å². The Morgan fingerprint density at radius 2 is 1.96 bits per heavy atom. The normalized spacial score (nSPS) is 26.7. The fourth-order valence-electron chi connectivity index (χ4n) is 3.88. The summed E-state index contributed by atoms with van der Waals surface area (Å²) in [6.07, 6.45) is 7.32. The molecule has 3 rings (SSSR count). The number of methoxy groups -OCH3 is 1. The zero-order valence-corrected chi connectivity index (χ0v) is 14.7. The third-order valence-electron chi connectivity index (χ3n) is 5.33. The van der Waals surface area contributed by atoms with Crippen molar-refractivity contribution in [2.45, 2.75) is 50.4 Å². The standard InChI is InChI=1S/C18H30N4O/c1-21(8-9-23-3)18-7-4-14(12-19-18)13-22(2)17-10-15-5-6-16(11-17)20-15/h4,7,12,15-17,20H,5-6,8-11,13H2,1-3H3. The molecule has 0 saturated carbocycles. The van der Waals surface area contributed by atoms with E-state index in [9.17, 15) is 0 Å². The molecule has 0 radical (unpaired) electrons. The molecule has 0 spiro atoms. The summed E-state index contributed by atoms with van der Waals surface area (Å²) >= 11 is 0. The van der Waals surface area contributed by atoms with Gasteiger partial charge < -0.3 is 15.0 Å². The van der Waals surface area contributed by atoms with Crippen molar-refractivity contribution in [3.63, 3.8) is 0 Å². The first-order chi connectivity index (χ1) is 11.2. The molecule has 1 aromatic rings. The Kier molecular flexibility index (Phi) is 5.51. The highest BCUT2D eigenvalue weighted by atomic mass is 16.5. The molecule has 0 amide bonds. The lowest BCUT2D eigenvalue weighted by Gasteiger charge is -2.35. The van der Waals surface area contributed by atoms with E-state index in [0.29, 0.717) is 6.04 Å². The molecule has 5 heteroatoms. The summed E-state index contributed by atoms with van der Waals surface area (Å²) in [5.41, 5.74) is 1.29. The number of pyridine rings is 1.